The summed E-state index contributed by atoms with van der Waals surface area (Å²) in [5, 5.41) is 62.9. The number of hydrogen-bond donors (Lipinski definition) is 13. The van der Waals surface area contributed by atoms with Crippen molar-refractivity contribution in [2.75, 3.05) is 13.2 Å². The molecule has 1 heterocycles. The second kappa shape index (κ2) is 35.0. The van der Waals surface area contributed by atoms with Crippen molar-refractivity contribution < 1.29 is 73.2 Å². The monoisotopic (exact) mass is 1110 g/mol. The van der Waals surface area contributed by atoms with E-state index in [2.05, 4.69) is 49.5 Å². The Morgan fingerprint density at radius 3 is 1.47 bits per heavy atom. The summed E-state index contributed by atoms with van der Waals surface area (Å²) in [6.45, 7) is 17.3. The Hall–Kier alpha value is -5.79. The highest BCUT2D eigenvalue weighted by Gasteiger charge is 2.47. The minimum absolute atomic E-state index is 0.0289. The van der Waals surface area contributed by atoms with E-state index >= 15 is 9.59 Å². The molecule has 11 atom stereocenters. The van der Waals surface area contributed by atoms with Crippen molar-refractivity contribution in [1.82, 2.24) is 47.4 Å². The number of nitrogens with zero attached hydrogens (tertiary/aromatic N) is 1. The predicted molar refractivity (Wildman–Crippen MR) is 287 cm³/mol. The van der Waals surface area contributed by atoms with E-state index in [4.69, 9.17) is 5.73 Å². The topological polar surface area (TPSA) is 394 Å². The Labute approximate surface area is 459 Å². The van der Waals surface area contributed by atoms with Crippen LogP contribution in [0.3, 0.4) is 0 Å². The number of amides is 11. The smallest absolute Gasteiger partial charge is 0.252 e. The Kier molecular flexibility index (Phi) is 31.5. The lowest BCUT2D eigenvalue weighted by Crippen LogP contribution is -2.67. The first-order valence-electron chi connectivity index (χ1n) is 27.6. The van der Waals surface area contributed by atoms with Gasteiger partial charge in [0.05, 0.1) is 31.8 Å². The molecule has 0 aromatic heterocycles. The first kappa shape index (κ1) is 70.2. The molecule has 0 aromatic carbocycles. The maximum atomic E-state index is 15.4. The fourth-order valence-corrected chi connectivity index (χ4v) is 8.74. The normalized spacial score (nSPS) is 23.3. The molecule has 1 aliphatic heterocycles. The molecule has 1 fully saturated rings. The highest BCUT2D eigenvalue weighted by Crippen LogP contribution is 2.20. The van der Waals surface area contributed by atoms with E-state index in [1.165, 1.54) is 27.7 Å². The minimum atomic E-state index is -2.24. The number of unbranched alkanes of at least 4 members (excludes halogenated alkanes) is 4. The summed E-state index contributed by atoms with van der Waals surface area (Å²) >= 11 is 0. The zero-order valence-corrected chi connectivity index (χ0v) is 47.9. The number of rotatable bonds is 26. The van der Waals surface area contributed by atoms with Crippen molar-refractivity contribution in [1.29, 1.82) is 0 Å². The molecule has 14 N–H and O–H groups in total. The third kappa shape index (κ3) is 24.1. The summed E-state index contributed by atoms with van der Waals surface area (Å²) in [6, 6.07) is -15.2. The maximum absolute atomic E-state index is 15.4. The van der Waals surface area contributed by atoms with Crippen molar-refractivity contribution in [3.8, 4) is 0 Å². The van der Waals surface area contributed by atoms with Gasteiger partial charge in [-0.05, 0) is 68.6 Å². The lowest BCUT2D eigenvalue weighted by molar-refractivity contribution is -0.160. The number of aliphatic hydroxyl groups excluding tert-OH is 4. The second-order valence-corrected chi connectivity index (χ2v) is 22.4. The summed E-state index contributed by atoms with van der Waals surface area (Å²) in [7, 11) is 0. The van der Waals surface area contributed by atoms with Crippen LogP contribution in [0.1, 0.15) is 160 Å². The third-order valence-corrected chi connectivity index (χ3v) is 13.0. The highest BCUT2D eigenvalue weighted by atomic mass is 16.3. The van der Waals surface area contributed by atoms with Crippen molar-refractivity contribution in [2.24, 2.45) is 35.3 Å². The molecular weight excluding hydrogens is 1020 g/mol. The van der Waals surface area contributed by atoms with Gasteiger partial charge in [-0.1, -0.05) is 108 Å². The van der Waals surface area contributed by atoms with Gasteiger partial charge in [0.15, 0.2) is 0 Å². The number of carbonyl (C=O) groups is 11. The molecule has 0 radical (unpaired) electrons. The Balaban J connectivity index is 4.22. The van der Waals surface area contributed by atoms with Crippen LogP contribution in [0.15, 0.2) is 0 Å². The number of aliphatic hydroxyl groups is 4. The van der Waals surface area contributed by atoms with E-state index in [9.17, 15) is 63.6 Å². The van der Waals surface area contributed by atoms with Crippen molar-refractivity contribution in [3.05, 3.63) is 0 Å². The molecule has 0 aliphatic carbocycles. The lowest BCUT2D eigenvalue weighted by Gasteiger charge is -2.38. The van der Waals surface area contributed by atoms with Crippen LogP contribution in [0.2, 0.25) is 0 Å². The fourth-order valence-electron chi connectivity index (χ4n) is 8.74. The summed E-state index contributed by atoms with van der Waals surface area (Å²) < 4.78 is 0. The van der Waals surface area contributed by atoms with Crippen LogP contribution >= 0.6 is 0 Å². The number of nitrogens with two attached hydrogens (primary N) is 1. The quantitative estimate of drug-likeness (QED) is 0.0453. The molecule has 0 spiro atoms. The van der Waals surface area contributed by atoms with E-state index in [0.717, 1.165) is 32.6 Å². The Bertz CT molecular complexity index is 2020. The third-order valence-electron chi connectivity index (χ3n) is 13.0. The largest absolute Gasteiger partial charge is 0.394 e. The Morgan fingerprint density at radius 1 is 0.564 bits per heavy atom. The van der Waals surface area contributed by atoms with Crippen LogP contribution in [0.4, 0.5) is 0 Å². The minimum Gasteiger partial charge on any atom is -0.394 e. The molecule has 11 amide bonds. The van der Waals surface area contributed by atoms with Crippen molar-refractivity contribution >= 4 is 65.0 Å². The van der Waals surface area contributed by atoms with Crippen LogP contribution in [-0.2, 0) is 52.7 Å². The van der Waals surface area contributed by atoms with Gasteiger partial charge >= 0.3 is 0 Å². The molecule has 1 saturated heterocycles. The standard InChI is InChI=1S/C53H94N10O15/c1-13-14-15-16-17-18-33(67)24-41(69)55-34(19-20-40(54)68)45(70)58-37(23-29(6)7)52(77)63-44(32(12)66)51(76)61-42(30(8)9)50(75)57-36(22-28(4)5)47(72)59-38(25-64)48(73)56-35(21-27(2)3)46(71)60-39(26-65)49(74)62-43(31(10)11)53(63)78/h27-39,42-44,64-67H,13-26H2,1-12H3,(H2,54,68)(H,55,69)(H,56,73)(H,57,75)(H,58,70)(H,59,72)(H,60,71)(H,61,76)(H,62,74)/t32-,33-,34-,35+,36-,37+,38-,39-,42-,43+,44-/m1/s1. The number of nitrogens with one attached hydrogen (secondary N) is 8. The van der Waals surface area contributed by atoms with Gasteiger partial charge in [0.25, 0.3) is 11.8 Å². The molecule has 0 saturated carbocycles. The van der Waals surface area contributed by atoms with E-state index in [-0.39, 0.29) is 37.5 Å². The first-order chi connectivity index (χ1) is 36.4. The van der Waals surface area contributed by atoms with Gasteiger partial charge < -0.3 is 68.7 Å². The average molecular weight is 1110 g/mol. The molecule has 1 rings (SSSR count). The van der Waals surface area contributed by atoms with Crippen molar-refractivity contribution in [2.45, 2.75) is 227 Å². The summed E-state index contributed by atoms with van der Waals surface area (Å²) in [6.07, 6.45) is 0.234. The number of hydrogen-bond acceptors (Lipinski definition) is 15. The number of primary amides is 1. The van der Waals surface area contributed by atoms with E-state index in [0.29, 0.717) is 17.7 Å². The fraction of sp³-hybridized carbons (Fsp3) is 0.792. The second-order valence-electron chi connectivity index (χ2n) is 22.4. The van der Waals surface area contributed by atoms with E-state index < -0.39 is 175 Å². The predicted octanol–water partition coefficient (Wildman–Crippen LogP) is -1.21. The van der Waals surface area contributed by atoms with Crippen LogP contribution in [0, 0.1) is 29.6 Å². The van der Waals surface area contributed by atoms with E-state index in [1.54, 1.807) is 41.5 Å². The zero-order chi connectivity index (χ0) is 59.7. The summed E-state index contributed by atoms with van der Waals surface area (Å²) in [5.74, 6) is -14.4. The van der Waals surface area contributed by atoms with Crippen LogP contribution in [-0.4, -0.2) is 170 Å². The van der Waals surface area contributed by atoms with Gasteiger partial charge in [-0.15, -0.1) is 0 Å². The molecule has 25 heteroatoms. The molecule has 0 aromatic rings. The van der Waals surface area contributed by atoms with Gasteiger partial charge in [0, 0.05) is 6.42 Å². The first-order valence-corrected chi connectivity index (χ1v) is 27.6. The molecule has 78 heavy (non-hydrogen) atoms. The van der Waals surface area contributed by atoms with Gasteiger partial charge in [-0.2, -0.15) is 0 Å². The molecule has 1 aliphatic rings. The average Bonchev–Trinajstić information content (AvgIpc) is 3.33. The van der Waals surface area contributed by atoms with E-state index in [1.807, 2.05) is 0 Å². The number of imide groups is 1. The lowest BCUT2D eigenvalue weighted by atomic mass is 9.95. The van der Waals surface area contributed by atoms with Crippen LogP contribution in [0.25, 0.3) is 0 Å². The maximum Gasteiger partial charge on any atom is 0.252 e. The molecule has 25 nitrogen and oxygen atoms in total. The molecule has 0 unspecified atom stereocenters. The molecule has 0 bridgehead atoms. The van der Waals surface area contributed by atoms with Crippen LogP contribution < -0.4 is 48.3 Å². The zero-order valence-electron chi connectivity index (χ0n) is 47.9. The van der Waals surface area contributed by atoms with Gasteiger partial charge in [0.2, 0.25) is 53.2 Å². The summed E-state index contributed by atoms with van der Waals surface area (Å²) in [4.78, 5) is 155. The van der Waals surface area contributed by atoms with Gasteiger partial charge in [0.1, 0.15) is 54.4 Å². The SMILES string of the molecule is CCCCCCC[C@@H](O)CC(=O)N[C@H](CCC(N)=O)C(=O)N[C@@H](CC(C)C)C(=O)N1C(=O)[C@H](C(C)C)NC(=O)[C@@H](CO)NC(=O)[C@H](CC(C)C)NC(=O)[C@@H](CO)NC(=O)[C@@H](CC(C)C)NC(=O)[C@@H](C(C)C)NC(=O)[C@H]1[C@@H](C)O. The molecular formula is C53H94N10O15. The van der Waals surface area contributed by atoms with Crippen molar-refractivity contribution in [3.63, 3.8) is 0 Å². The van der Waals surface area contributed by atoms with Gasteiger partial charge in [-0.3, -0.25) is 57.6 Å². The Morgan fingerprint density at radius 2 is 1.03 bits per heavy atom. The number of carbonyl (C=O) groups excluding carboxylic acids is 11. The summed E-state index contributed by atoms with van der Waals surface area (Å²) in [5.41, 5.74) is 5.43. The molecule has 446 valence electrons. The van der Waals surface area contributed by atoms with Crippen LogP contribution in [0.5, 0.6) is 0 Å². The highest BCUT2D eigenvalue weighted by molar-refractivity contribution is 6.07. The van der Waals surface area contributed by atoms with Gasteiger partial charge in [-0.25, -0.2) is 0 Å².